The lowest BCUT2D eigenvalue weighted by Crippen LogP contribution is -2.17. The third kappa shape index (κ3) is 2.02. The van der Waals surface area contributed by atoms with Crippen molar-refractivity contribution < 1.29 is 4.42 Å². The van der Waals surface area contributed by atoms with Crippen LogP contribution in [0.1, 0.15) is 17.1 Å². The van der Waals surface area contributed by atoms with E-state index < -0.39 is 0 Å². The standard InChI is InChI=1S/C19H12O2S2/c20-18-17-12-6-2-4-8-16(12)22-10-14(17)21-13-9-11-5-1-3-7-15(11)23-19(13)18/h1-8H,9-10H2. The van der Waals surface area contributed by atoms with Crippen molar-refractivity contribution in [2.24, 2.45) is 0 Å². The fourth-order valence-electron chi connectivity index (χ4n) is 3.18. The molecular formula is C19H12O2S2. The fourth-order valence-corrected chi connectivity index (χ4v) is 5.23. The zero-order chi connectivity index (χ0) is 15.4. The first-order valence-electron chi connectivity index (χ1n) is 7.48. The predicted octanol–water partition coefficient (Wildman–Crippen LogP) is 4.97. The first-order chi connectivity index (χ1) is 11.3. The minimum Gasteiger partial charge on any atom is -0.463 e. The first-order valence-corrected chi connectivity index (χ1v) is 9.28. The Kier molecular flexibility index (Phi) is 2.97. The second-order valence-corrected chi connectivity index (χ2v) is 7.72. The fraction of sp³-hybridized carbons (Fsp3) is 0.105. The lowest BCUT2D eigenvalue weighted by molar-refractivity contribution is 0.453. The molecule has 0 saturated heterocycles. The van der Waals surface area contributed by atoms with E-state index in [4.69, 9.17) is 4.42 Å². The van der Waals surface area contributed by atoms with Crippen molar-refractivity contribution in [2.45, 2.75) is 26.9 Å². The molecule has 5 rings (SSSR count). The van der Waals surface area contributed by atoms with Gasteiger partial charge in [-0.15, -0.1) is 11.8 Å². The number of thioether (sulfide) groups is 1. The molecule has 0 unspecified atom stereocenters. The molecule has 2 aliphatic rings. The van der Waals surface area contributed by atoms with Gasteiger partial charge in [0, 0.05) is 21.8 Å². The maximum absolute atomic E-state index is 13.1. The van der Waals surface area contributed by atoms with Gasteiger partial charge in [0.2, 0.25) is 5.43 Å². The van der Waals surface area contributed by atoms with Crippen molar-refractivity contribution in [1.82, 2.24) is 0 Å². The molecule has 3 heterocycles. The zero-order valence-corrected chi connectivity index (χ0v) is 13.8. The lowest BCUT2D eigenvalue weighted by Gasteiger charge is -2.22. The van der Waals surface area contributed by atoms with Crippen LogP contribution in [0, 0.1) is 0 Å². The van der Waals surface area contributed by atoms with E-state index in [1.165, 1.54) is 5.56 Å². The summed E-state index contributed by atoms with van der Waals surface area (Å²) in [6.07, 6.45) is 0.702. The molecule has 3 aromatic rings. The molecule has 0 aliphatic carbocycles. The molecule has 0 saturated carbocycles. The molecule has 23 heavy (non-hydrogen) atoms. The number of hydrogen-bond acceptors (Lipinski definition) is 4. The van der Waals surface area contributed by atoms with Gasteiger partial charge >= 0.3 is 0 Å². The predicted molar refractivity (Wildman–Crippen MR) is 93.3 cm³/mol. The third-order valence-corrected chi connectivity index (χ3v) is 6.57. The summed E-state index contributed by atoms with van der Waals surface area (Å²) in [6.45, 7) is 0. The Morgan fingerprint density at radius 3 is 2.61 bits per heavy atom. The van der Waals surface area contributed by atoms with Crippen molar-refractivity contribution in [3.05, 3.63) is 75.8 Å². The Bertz CT molecular complexity index is 1000. The van der Waals surface area contributed by atoms with Gasteiger partial charge in [-0.3, -0.25) is 4.79 Å². The molecule has 2 nitrogen and oxygen atoms in total. The summed E-state index contributed by atoms with van der Waals surface area (Å²) in [7, 11) is 0. The maximum Gasteiger partial charge on any atom is 0.207 e. The second kappa shape index (κ2) is 5.05. The largest absolute Gasteiger partial charge is 0.463 e. The van der Waals surface area contributed by atoms with Crippen molar-refractivity contribution in [1.29, 1.82) is 0 Å². The van der Waals surface area contributed by atoms with E-state index >= 15 is 0 Å². The molecule has 0 spiro atoms. The topological polar surface area (TPSA) is 30.2 Å². The normalized spacial score (nSPS) is 14.4. The lowest BCUT2D eigenvalue weighted by atomic mass is 10.0. The Morgan fingerprint density at radius 1 is 0.913 bits per heavy atom. The van der Waals surface area contributed by atoms with Gasteiger partial charge in [0.15, 0.2) is 0 Å². The van der Waals surface area contributed by atoms with Crippen LogP contribution in [0.4, 0.5) is 0 Å². The molecule has 0 amide bonds. The van der Waals surface area contributed by atoms with E-state index in [1.807, 2.05) is 30.3 Å². The minimum atomic E-state index is 0.119. The number of rotatable bonds is 0. The highest BCUT2D eigenvalue weighted by atomic mass is 32.2. The molecule has 0 fully saturated rings. The van der Waals surface area contributed by atoms with Gasteiger partial charge in [0.25, 0.3) is 0 Å². The van der Waals surface area contributed by atoms with E-state index in [0.29, 0.717) is 6.42 Å². The first kappa shape index (κ1) is 13.5. The highest BCUT2D eigenvalue weighted by molar-refractivity contribution is 7.99. The van der Waals surface area contributed by atoms with Gasteiger partial charge in [0.1, 0.15) is 11.5 Å². The van der Waals surface area contributed by atoms with E-state index in [-0.39, 0.29) is 5.43 Å². The molecule has 0 bridgehead atoms. The number of fused-ring (bicyclic) bond motifs is 5. The van der Waals surface area contributed by atoms with Crippen LogP contribution in [-0.2, 0) is 12.2 Å². The van der Waals surface area contributed by atoms with Crippen molar-refractivity contribution in [2.75, 3.05) is 0 Å². The van der Waals surface area contributed by atoms with E-state index in [0.717, 1.165) is 43.1 Å². The smallest absolute Gasteiger partial charge is 0.207 e. The van der Waals surface area contributed by atoms with Crippen LogP contribution in [0.25, 0.3) is 11.1 Å². The van der Waals surface area contributed by atoms with Crippen molar-refractivity contribution in [3.63, 3.8) is 0 Å². The summed E-state index contributed by atoms with van der Waals surface area (Å²) in [5, 5.41) is 0. The van der Waals surface area contributed by atoms with Crippen LogP contribution in [-0.4, -0.2) is 0 Å². The maximum atomic E-state index is 13.1. The summed E-state index contributed by atoms with van der Waals surface area (Å²) in [5.74, 6) is 2.36. The molecule has 1 aromatic heterocycles. The van der Waals surface area contributed by atoms with Crippen LogP contribution in [0.3, 0.4) is 0 Å². The Balaban J connectivity index is 1.76. The number of benzene rings is 2. The summed E-state index contributed by atoms with van der Waals surface area (Å²) in [6, 6.07) is 16.3. The van der Waals surface area contributed by atoms with Crippen LogP contribution >= 0.6 is 23.5 Å². The molecule has 0 radical (unpaired) electrons. The molecule has 112 valence electrons. The van der Waals surface area contributed by atoms with Gasteiger partial charge in [-0.1, -0.05) is 48.2 Å². The molecular weight excluding hydrogens is 324 g/mol. The monoisotopic (exact) mass is 336 g/mol. The molecule has 2 aromatic carbocycles. The second-order valence-electron chi connectivity index (χ2n) is 5.65. The van der Waals surface area contributed by atoms with Crippen LogP contribution in [0.5, 0.6) is 0 Å². The molecule has 0 atom stereocenters. The molecule has 0 N–H and O–H groups in total. The molecule has 2 aliphatic heterocycles. The van der Waals surface area contributed by atoms with Gasteiger partial charge in [-0.05, 0) is 17.7 Å². The average Bonchev–Trinajstić information content (AvgIpc) is 2.60. The van der Waals surface area contributed by atoms with E-state index in [1.54, 1.807) is 23.5 Å². The van der Waals surface area contributed by atoms with Crippen molar-refractivity contribution in [3.8, 4) is 11.1 Å². The summed E-state index contributed by atoms with van der Waals surface area (Å²) in [5.41, 5.74) is 3.12. The van der Waals surface area contributed by atoms with Gasteiger partial charge in [-0.2, -0.15) is 0 Å². The summed E-state index contributed by atoms with van der Waals surface area (Å²) < 4.78 is 6.18. The summed E-state index contributed by atoms with van der Waals surface area (Å²) >= 11 is 3.28. The minimum absolute atomic E-state index is 0.119. The van der Waals surface area contributed by atoms with E-state index in [2.05, 4.69) is 18.2 Å². The van der Waals surface area contributed by atoms with E-state index in [9.17, 15) is 4.79 Å². The zero-order valence-electron chi connectivity index (χ0n) is 12.2. The summed E-state index contributed by atoms with van der Waals surface area (Å²) in [4.78, 5) is 16.2. The van der Waals surface area contributed by atoms with Crippen LogP contribution in [0.2, 0.25) is 0 Å². The van der Waals surface area contributed by atoms with Crippen molar-refractivity contribution >= 4 is 23.5 Å². The van der Waals surface area contributed by atoms with Gasteiger partial charge < -0.3 is 4.42 Å². The number of hydrogen-bond donors (Lipinski definition) is 0. The van der Waals surface area contributed by atoms with Gasteiger partial charge in [0.05, 0.1) is 16.2 Å². The Hall–Kier alpha value is -1.91. The Morgan fingerprint density at radius 2 is 1.70 bits per heavy atom. The highest BCUT2D eigenvalue weighted by Crippen LogP contribution is 2.44. The average molecular weight is 336 g/mol. The van der Waals surface area contributed by atoms with Crippen LogP contribution in [0.15, 0.2) is 72.4 Å². The Labute approximate surface area is 141 Å². The SMILES string of the molecule is O=c1c2c(oc3c1-c1ccccc1SC3)Cc1ccccc1S2. The van der Waals surface area contributed by atoms with Gasteiger partial charge in [-0.25, -0.2) is 0 Å². The quantitative estimate of drug-likeness (QED) is 0.454. The third-order valence-electron chi connectivity index (χ3n) is 4.26. The molecule has 4 heteroatoms. The highest BCUT2D eigenvalue weighted by Gasteiger charge is 2.28. The van der Waals surface area contributed by atoms with Crippen LogP contribution < -0.4 is 5.43 Å².